The summed E-state index contributed by atoms with van der Waals surface area (Å²) < 4.78 is 5.36. The van der Waals surface area contributed by atoms with Crippen LogP contribution in [0.15, 0.2) is 60.3 Å². The maximum absolute atomic E-state index is 12.2. The van der Waals surface area contributed by atoms with E-state index in [0.717, 1.165) is 12.2 Å². The highest BCUT2D eigenvalue weighted by Crippen LogP contribution is 2.16. The molecule has 5 heteroatoms. The zero-order valence-corrected chi connectivity index (χ0v) is 15.1. The third-order valence-corrected chi connectivity index (χ3v) is 3.71. The van der Waals surface area contributed by atoms with E-state index >= 15 is 0 Å². The lowest BCUT2D eigenvalue weighted by molar-refractivity contribution is -0.112. The van der Waals surface area contributed by atoms with Crippen LogP contribution >= 0.6 is 0 Å². The highest BCUT2D eigenvalue weighted by Gasteiger charge is 2.09. The van der Waals surface area contributed by atoms with Crippen LogP contribution in [0.5, 0.6) is 5.75 Å². The second-order valence-electron chi connectivity index (χ2n) is 5.77. The first-order valence-electron chi connectivity index (χ1n) is 8.55. The summed E-state index contributed by atoms with van der Waals surface area (Å²) in [5.41, 5.74) is 3.07. The third-order valence-electron chi connectivity index (χ3n) is 3.71. The van der Waals surface area contributed by atoms with Crippen LogP contribution in [0.3, 0.4) is 0 Å². The van der Waals surface area contributed by atoms with Gasteiger partial charge in [0.15, 0.2) is 0 Å². The van der Waals surface area contributed by atoms with E-state index in [1.807, 2.05) is 19.9 Å². The van der Waals surface area contributed by atoms with Gasteiger partial charge in [-0.1, -0.05) is 29.8 Å². The molecule has 0 radical (unpaired) electrons. The Morgan fingerprint density at radius 2 is 1.85 bits per heavy atom. The van der Waals surface area contributed by atoms with Gasteiger partial charge in [-0.3, -0.25) is 4.79 Å². The van der Waals surface area contributed by atoms with Crippen LogP contribution in [0.4, 0.5) is 5.69 Å². The summed E-state index contributed by atoms with van der Waals surface area (Å²) in [5.74, 6) is 0.291. The van der Waals surface area contributed by atoms with E-state index in [2.05, 4.69) is 34.9 Å². The van der Waals surface area contributed by atoms with Gasteiger partial charge in [0.1, 0.15) is 17.4 Å². The molecule has 0 aliphatic carbocycles. The van der Waals surface area contributed by atoms with Gasteiger partial charge in [0.05, 0.1) is 6.61 Å². The van der Waals surface area contributed by atoms with Crippen LogP contribution in [0, 0.1) is 18.3 Å². The number of nitrogens with one attached hydrogen (secondary N) is 2. The Balaban J connectivity index is 1.85. The number of ether oxygens (including phenoxy) is 1. The number of carbonyl (C=O) groups excluding carboxylic acids is 1. The summed E-state index contributed by atoms with van der Waals surface area (Å²) in [5, 5.41) is 14.9. The number of nitrogens with zero attached hydrogens (tertiary/aromatic N) is 1. The number of benzene rings is 2. The van der Waals surface area contributed by atoms with Crippen molar-refractivity contribution in [3.63, 3.8) is 0 Å². The summed E-state index contributed by atoms with van der Waals surface area (Å²) in [6.07, 6.45) is 2.27. The molecule has 2 aromatic carbocycles. The number of hydrogen-bond acceptors (Lipinski definition) is 4. The molecule has 0 saturated carbocycles. The van der Waals surface area contributed by atoms with Crippen molar-refractivity contribution in [3.8, 4) is 11.8 Å². The summed E-state index contributed by atoms with van der Waals surface area (Å²) in [6.45, 7) is 5.18. The van der Waals surface area contributed by atoms with Gasteiger partial charge < -0.3 is 15.4 Å². The van der Waals surface area contributed by atoms with Gasteiger partial charge in [-0.2, -0.15) is 5.26 Å². The number of rotatable bonds is 8. The fourth-order valence-electron chi connectivity index (χ4n) is 2.29. The molecule has 0 aliphatic rings. The Morgan fingerprint density at radius 1 is 1.15 bits per heavy atom. The standard InChI is InChI=1S/C21H23N3O2/c1-3-26-20-10-8-19(9-11-20)24-21(25)18(14-22)15-23-13-12-17-6-4-16(2)5-7-17/h4-11,15,23H,3,12-13H2,1-2H3,(H,24,25)/b18-15-. The second-order valence-corrected chi connectivity index (χ2v) is 5.77. The van der Waals surface area contributed by atoms with Crippen molar-refractivity contribution in [1.29, 1.82) is 5.26 Å². The number of amides is 1. The zero-order chi connectivity index (χ0) is 18.8. The number of anilines is 1. The first-order chi connectivity index (χ1) is 12.6. The van der Waals surface area contributed by atoms with Crippen molar-refractivity contribution in [2.45, 2.75) is 20.3 Å². The van der Waals surface area contributed by atoms with E-state index in [1.54, 1.807) is 24.3 Å². The average Bonchev–Trinajstić information content (AvgIpc) is 2.65. The molecule has 0 aromatic heterocycles. The topological polar surface area (TPSA) is 74.1 Å². The normalized spacial score (nSPS) is 10.7. The monoisotopic (exact) mass is 349 g/mol. The fraction of sp³-hybridized carbons (Fsp3) is 0.238. The molecule has 26 heavy (non-hydrogen) atoms. The Bertz CT molecular complexity index is 788. The second kappa shape index (κ2) is 9.90. The molecular formula is C21H23N3O2. The van der Waals surface area contributed by atoms with Gasteiger partial charge in [-0.25, -0.2) is 0 Å². The van der Waals surface area contributed by atoms with Crippen molar-refractivity contribution in [2.75, 3.05) is 18.5 Å². The number of carbonyl (C=O) groups is 1. The molecule has 2 aromatic rings. The van der Waals surface area contributed by atoms with E-state index in [0.29, 0.717) is 18.8 Å². The minimum absolute atomic E-state index is 0.0304. The smallest absolute Gasteiger partial charge is 0.267 e. The molecule has 0 aliphatic heterocycles. The van der Waals surface area contributed by atoms with Gasteiger partial charge in [-0.05, 0) is 50.1 Å². The number of nitriles is 1. The summed E-state index contributed by atoms with van der Waals surface area (Å²) in [7, 11) is 0. The molecule has 2 rings (SSSR count). The molecule has 134 valence electrons. The Hall–Kier alpha value is -3.26. The highest BCUT2D eigenvalue weighted by atomic mass is 16.5. The predicted molar refractivity (Wildman–Crippen MR) is 103 cm³/mol. The van der Waals surface area contributed by atoms with Gasteiger partial charge in [0.2, 0.25) is 0 Å². The van der Waals surface area contributed by atoms with Crippen LogP contribution in [0.2, 0.25) is 0 Å². The van der Waals surface area contributed by atoms with Crippen molar-refractivity contribution in [3.05, 3.63) is 71.4 Å². The van der Waals surface area contributed by atoms with Crippen LogP contribution < -0.4 is 15.4 Å². The molecule has 0 bridgehead atoms. The van der Waals surface area contributed by atoms with Gasteiger partial charge in [0.25, 0.3) is 5.91 Å². The molecule has 0 atom stereocenters. The van der Waals surface area contributed by atoms with Crippen LogP contribution in [0.1, 0.15) is 18.1 Å². The first kappa shape index (κ1) is 19.1. The average molecular weight is 349 g/mol. The summed E-state index contributed by atoms with van der Waals surface area (Å²) in [6, 6.07) is 17.2. The molecule has 5 nitrogen and oxygen atoms in total. The maximum Gasteiger partial charge on any atom is 0.267 e. The molecule has 0 saturated heterocycles. The van der Waals surface area contributed by atoms with Crippen LogP contribution in [-0.4, -0.2) is 19.1 Å². The van der Waals surface area contributed by atoms with E-state index in [4.69, 9.17) is 4.74 Å². The first-order valence-corrected chi connectivity index (χ1v) is 8.55. The van der Waals surface area contributed by atoms with E-state index in [1.165, 1.54) is 17.3 Å². The Labute approximate surface area is 154 Å². The van der Waals surface area contributed by atoms with E-state index in [-0.39, 0.29) is 5.57 Å². The lowest BCUT2D eigenvalue weighted by Crippen LogP contribution is -2.18. The summed E-state index contributed by atoms with van der Waals surface area (Å²) >= 11 is 0. The molecular weight excluding hydrogens is 326 g/mol. The molecule has 2 N–H and O–H groups in total. The molecule has 0 fully saturated rings. The van der Waals surface area contributed by atoms with Gasteiger partial charge in [0, 0.05) is 18.4 Å². The lowest BCUT2D eigenvalue weighted by Gasteiger charge is -2.07. The SMILES string of the molecule is CCOc1ccc(NC(=O)/C(C#N)=C\NCCc2ccc(C)cc2)cc1. The number of hydrogen-bond donors (Lipinski definition) is 2. The van der Waals surface area contributed by atoms with Crippen molar-refractivity contribution < 1.29 is 9.53 Å². The quantitative estimate of drug-likeness (QED) is 0.434. The van der Waals surface area contributed by atoms with Crippen molar-refractivity contribution in [1.82, 2.24) is 5.32 Å². The van der Waals surface area contributed by atoms with E-state index in [9.17, 15) is 10.1 Å². The van der Waals surface area contributed by atoms with Crippen molar-refractivity contribution >= 4 is 11.6 Å². The third kappa shape index (κ3) is 5.99. The number of aryl methyl sites for hydroxylation is 1. The minimum atomic E-state index is -0.445. The van der Waals surface area contributed by atoms with Crippen molar-refractivity contribution in [2.24, 2.45) is 0 Å². The predicted octanol–water partition coefficient (Wildman–Crippen LogP) is 3.57. The van der Waals surface area contributed by atoms with Crippen LogP contribution in [0.25, 0.3) is 0 Å². The Morgan fingerprint density at radius 3 is 2.46 bits per heavy atom. The van der Waals surface area contributed by atoms with Crippen LogP contribution in [-0.2, 0) is 11.2 Å². The highest BCUT2D eigenvalue weighted by molar-refractivity contribution is 6.06. The zero-order valence-electron chi connectivity index (χ0n) is 15.1. The van der Waals surface area contributed by atoms with Gasteiger partial charge >= 0.3 is 0 Å². The Kier molecular flexibility index (Phi) is 7.26. The molecule has 0 spiro atoms. The summed E-state index contributed by atoms with van der Waals surface area (Å²) in [4.78, 5) is 12.2. The largest absolute Gasteiger partial charge is 0.494 e. The minimum Gasteiger partial charge on any atom is -0.494 e. The van der Waals surface area contributed by atoms with E-state index < -0.39 is 5.91 Å². The maximum atomic E-state index is 12.2. The lowest BCUT2D eigenvalue weighted by atomic mass is 10.1. The molecule has 1 amide bonds. The molecule has 0 heterocycles. The molecule has 0 unspecified atom stereocenters. The fourth-order valence-corrected chi connectivity index (χ4v) is 2.29. The van der Waals surface area contributed by atoms with Gasteiger partial charge in [-0.15, -0.1) is 0 Å².